The highest BCUT2D eigenvalue weighted by Crippen LogP contribution is 2.27. The van der Waals surface area contributed by atoms with Gasteiger partial charge in [-0.25, -0.2) is 0 Å². The highest BCUT2D eigenvalue weighted by atomic mass is 32.2. The van der Waals surface area contributed by atoms with Crippen molar-refractivity contribution in [2.45, 2.75) is 69.5 Å². The Morgan fingerprint density at radius 2 is 2.21 bits per heavy atom. The van der Waals surface area contributed by atoms with Crippen LogP contribution in [0.4, 0.5) is 0 Å². The van der Waals surface area contributed by atoms with E-state index < -0.39 is 0 Å². The van der Waals surface area contributed by atoms with Gasteiger partial charge in [-0.15, -0.1) is 0 Å². The monoisotopic (exact) mass is 284 g/mol. The van der Waals surface area contributed by atoms with Crippen molar-refractivity contribution in [3.05, 3.63) is 11.7 Å². The van der Waals surface area contributed by atoms with Crippen LogP contribution in [0.3, 0.4) is 0 Å². The fourth-order valence-electron chi connectivity index (χ4n) is 2.42. The Hall–Kier alpha value is -0.550. The van der Waals surface area contributed by atoms with Gasteiger partial charge < -0.3 is 9.63 Å². The molecule has 1 aliphatic carbocycles. The predicted octanol–water partition coefficient (Wildman–Crippen LogP) is 3.19. The van der Waals surface area contributed by atoms with Crippen LogP contribution >= 0.6 is 11.8 Å². The minimum atomic E-state index is -0.196. The highest BCUT2D eigenvalue weighted by molar-refractivity contribution is 7.99. The quantitative estimate of drug-likeness (QED) is 0.869. The minimum Gasteiger partial charge on any atom is -0.393 e. The Balaban J connectivity index is 1.83. The van der Waals surface area contributed by atoms with Crippen LogP contribution < -0.4 is 0 Å². The zero-order chi connectivity index (χ0) is 13.7. The molecule has 1 aliphatic rings. The van der Waals surface area contributed by atoms with E-state index >= 15 is 0 Å². The summed E-state index contributed by atoms with van der Waals surface area (Å²) in [5.74, 6) is 2.58. The van der Waals surface area contributed by atoms with E-state index in [1.54, 1.807) is 0 Å². The van der Waals surface area contributed by atoms with Gasteiger partial charge in [0.2, 0.25) is 5.89 Å². The van der Waals surface area contributed by atoms with Gasteiger partial charge in [0, 0.05) is 11.7 Å². The van der Waals surface area contributed by atoms with Crippen LogP contribution in [0.5, 0.6) is 0 Å². The fourth-order valence-corrected chi connectivity index (χ4v) is 3.20. The van der Waals surface area contributed by atoms with Gasteiger partial charge in [-0.05, 0) is 25.2 Å². The number of aromatic nitrogens is 2. The molecule has 0 radical (unpaired) electrons. The maximum absolute atomic E-state index is 9.95. The average Bonchev–Trinajstić information content (AvgIpc) is 2.86. The Bertz CT molecular complexity index is 383. The van der Waals surface area contributed by atoms with Crippen LogP contribution in [0.15, 0.2) is 4.52 Å². The lowest BCUT2D eigenvalue weighted by Gasteiger charge is -2.26. The number of rotatable bonds is 6. The third-order valence-electron chi connectivity index (χ3n) is 3.89. The van der Waals surface area contributed by atoms with E-state index in [2.05, 4.69) is 24.0 Å². The molecule has 0 spiro atoms. The standard InChI is InChI=1S/C14H24N2O2S/c1-3-10(2)19-9-13-15-14(18-16-13)8-11-6-4-5-7-12(11)17/h10-12,17H,3-9H2,1-2H3. The first kappa shape index (κ1) is 14.9. The molecule has 1 N–H and O–H groups in total. The Kier molecular flexibility index (Phi) is 5.70. The number of hydrogen-bond donors (Lipinski definition) is 1. The first-order valence-corrected chi connectivity index (χ1v) is 8.35. The normalized spacial score (nSPS) is 25.4. The van der Waals surface area contributed by atoms with Gasteiger partial charge in [0.05, 0.1) is 11.9 Å². The lowest BCUT2D eigenvalue weighted by atomic mass is 9.84. The molecule has 1 aromatic rings. The number of aliphatic hydroxyl groups excluding tert-OH is 1. The fraction of sp³-hybridized carbons (Fsp3) is 0.857. The Morgan fingerprint density at radius 1 is 1.42 bits per heavy atom. The number of hydrogen-bond acceptors (Lipinski definition) is 5. The second-order valence-electron chi connectivity index (χ2n) is 5.45. The summed E-state index contributed by atoms with van der Waals surface area (Å²) >= 11 is 1.86. The summed E-state index contributed by atoms with van der Waals surface area (Å²) in [4.78, 5) is 4.44. The molecule has 1 fully saturated rings. The molecule has 5 heteroatoms. The van der Waals surface area contributed by atoms with E-state index in [9.17, 15) is 5.11 Å². The van der Waals surface area contributed by atoms with Crippen molar-refractivity contribution in [1.82, 2.24) is 10.1 Å². The second kappa shape index (κ2) is 7.29. The summed E-state index contributed by atoms with van der Waals surface area (Å²) in [6.45, 7) is 4.40. The molecule has 19 heavy (non-hydrogen) atoms. The number of thioether (sulfide) groups is 1. The lowest BCUT2D eigenvalue weighted by Crippen LogP contribution is -2.26. The van der Waals surface area contributed by atoms with Gasteiger partial charge in [-0.3, -0.25) is 0 Å². The van der Waals surface area contributed by atoms with Crippen LogP contribution in [0.25, 0.3) is 0 Å². The van der Waals surface area contributed by atoms with Crippen LogP contribution in [0.1, 0.15) is 57.7 Å². The van der Waals surface area contributed by atoms with Gasteiger partial charge in [-0.1, -0.05) is 31.8 Å². The summed E-state index contributed by atoms with van der Waals surface area (Å²) in [6, 6.07) is 0. The van der Waals surface area contributed by atoms with Crippen LogP contribution in [0.2, 0.25) is 0 Å². The zero-order valence-corrected chi connectivity index (χ0v) is 12.7. The Morgan fingerprint density at radius 3 is 2.95 bits per heavy atom. The minimum absolute atomic E-state index is 0.196. The van der Waals surface area contributed by atoms with E-state index in [-0.39, 0.29) is 6.10 Å². The third-order valence-corrected chi connectivity index (χ3v) is 5.22. The molecule has 0 aromatic carbocycles. The summed E-state index contributed by atoms with van der Waals surface area (Å²) in [5.41, 5.74) is 0. The van der Waals surface area contributed by atoms with Gasteiger partial charge >= 0.3 is 0 Å². The van der Waals surface area contributed by atoms with Crippen LogP contribution in [-0.4, -0.2) is 26.6 Å². The van der Waals surface area contributed by atoms with E-state index in [0.717, 1.165) is 43.7 Å². The molecule has 3 unspecified atom stereocenters. The van der Waals surface area contributed by atoms with Crippen LogP contribution in [-0.2, 0) is 12.2 Å². The van der Waals surface area contributed by atoms with Crippen molar-refractivity contribution in [3.63, 3.8) is 0 Å². The molecule has 3 atom stereocenters. The number of nitrogens with zero attached hydrogens (tertiary/aromatic N) is 2. The molecule has 1 saturated carbocycles. The third kappa shape index (κ3) is 4.49. The van der Waals surface area contributed by atoms with Gasteiger partial charge in [0.15, 0.2) is 5.82 Å². The predicted molar refractivity (Wildman–Crippen MR) is 77.0 cm³/mol. The molecule has 4 nitrogen and oxygen atoms in total. The molecule has 2 rings (SSSR count). The van der Waals surface area contributed by atoms with E-state index in [4.69, 9.17) is 4.52 Å². The maximum atomic E-state index is 9.95. The largest absolute Gasteiger partial charge is 0.393 e. The zero-order valence-electron chi connectivity index (χ0n) is 11.8. The van der Waals surface area contributed by atoms with Gasteiger partial charge in [-0.2, -0.15) is 16.7 Å². The summed E-state index contributed by atoms with van der Waals surface area (Å²) in [6.07, 6.45) is 6.01. The SMILES string of the molecule is CCC(C)SCc1noc(CC2CCCCC2O)n1. The van der Waals surface area contributed by atoms with E-state index in [1.165, 1.54) is 6.42 Å². The molecular formula is C14H24N2O2S. The molecule has 108 valence electrons. The number of aliphatic hydroxyl groups is 1. The lowest BCUT2D eigenvalue weighted by molar-refractivity contribution is 0.0657. The van der Waals surface area contributed by atoms with E-state index in [0.29, 0.717) is 17.1 Å². The second-order valence-corrected chi connectivity index (χ2v) is 6.88. The van der Waals surface area contributed by atoms with Gasteiger partial charge in [0.25, 0.3) is 0 Å². The average molecular weight is 284 g/mol. The molecule has 0 amide bonds. The molecule has 1 aromatic heterocycles. The van der Waals surface area contributed by atoms with Crippen molar-refractivity contribution in [2.24, 2.45) is 5.92 Å². The summed E-state index contributed by atoms with van der Waals surface area (Å²) < 4.78 is 5.30. The molecule has 0 bridgehead atoms. The molecule has 0 aliphatic heterocycles. The van der Waals surface area contributed by atoms with Crippen molar-refractivity contribution in [1.29, 1.82) is 0 Å². The molecule has 1 heterocycles. The van der Waals surface area contributed by atoms with Crippen molar-refractivity contribution < 1.29 is 9.63 Å². The maximum Gasteiger partial charge on any atom is 0.227 e. The highest BCUT2D eigenvalue weighted by Gasteiger charge is 2.25. The summed E-state index contributed by atoms with van der Waals surface area (Å²) in [5, 5.41) is 14.6. The van der Waals surface area contributed by atoms with Crippen LogP contribution in [0, 0.1) is 5.92 Å². The Labute approximate surface area is 119 Å². The van der Waals surface area contributed by atoms with Gasteiger partial charge in [0.1, 0.15) is 0 Å². The first-order valence-electron chi connectivity index (χ1n) is 7.30. The van der Waals surface area contributed by atoms with Crippen molar-refractivity contribution in [3.8, 4) is 0 Å². The smallest absolute Gasteiger partial charge is 0.227 e. The first-order chi connectivity index (χ1) is 9.19. The molecular weight excluding hydrogens is 260 g/mol. The summed E-state index contributed by atoms with van der Waals surface area (Å²) in [7, 11) is 0. The van der Waals surface area contributed by atoms with E-state index in [1.807, 2.05) is 11.8 Å². The topological polar surface area (TPSA) is 59.2 Å². The van der Waals surface area contributed by atoms with Crippen molar-refractivity contribution in [2.75, 3.05) is 0 Å². The van der Waals surface area contributed by atoms with Crippen molar-refractivity contribution >= 4 is 11.8 Å². The molecule has 0 saturated heterocycles.